The van der Waals surface area contributed by atoms with E-state index in [1.54, 1.807) is 16.9 Å². The maximum absolute atomic E-state index is 12.6. The SMILES string of the molecule is Cn1ccc(NC(=O)c2nn(-c3ccccc3)c3c2CCC3)n1. The summed E-state index contributed by atoms with van der Waals surface area (Å²) < 4.78 is 3.55. The Morgan fingerprint density at radius 2 is 1.96 bits per heavy atom. The van der Waals surface area contributed by atoms with E-state index in [0.29, 0.717) is 11.5 Å². The smallest absolute Gasteiger partial charge is 0.277 e. The Morgan fingerprint density at radius 1 is 1.13 bits per heavy atom. The van der Waals surface area contributed by atoms with Crippen molar-refractivity contribution < 1.29 is 4.79 Å². The van der Waals surface area contributed by atoms with E-state index in [1.807, 2.05) is 42.1 Å². The van der Waals surface area contributed by atoms with Crippen molar-refractivity contribution in [3.8, 4) is 5.69 Å². The van der Waals surface area contributed by atoms with Gasteiger partial charge in [0.25, 0.3) is 5.91 Å². The van der Waals surface area contributed by atoms with Gasteiger partial charge < -0.3 is 5.32 Å². The van der Waals surface area contributed by atoms with Crippen LogP contribution in [0.4, 0.5) is 5.82 Å². The third-order valence-corrected chi connectivity index (χ3v) is 4.10. The van der Waals surface area contributed by atoms with Crippen LogP contribution in [-0.2, 0) is 19.9 Å². The summed E-state index contributed by atoms with van der Waals surface area (Å²) in [5.74, 6) is 0.343. The van der Waals surface area contributed by atoms with Crippen LogP contribution in [0.25, 0.3) is 5.69 Å². The molecule has 0 radical (unpaired) electrons. The summed E-state index contributed by atoms with van der Waals surface area (Å²) in [5.41, 5.74) is 3.69. The van der Waals surface area contributed by atoms with E-state index in [2.05, 4.69) is 15.5 Å². The maximum atomic E-state index is 12.6. The molecule has 1 amide bonds. The lowest BCUT2D eigenvalue weighted by Crippen LogP contribution is -2.15. The van der Waals surface area contributed by atoms with Gasteiger partial charge in [-0.2, -0.15) is 10.2 Å². The number of fused-ring (bicyclic) bond motifs is 1. The molecule has 0 bridgehead atoms. The van der Waals surface area contributed by atoms with Crippen LogP contribution in [0.2, 0.25) is 0 Å². The Hall–Kier alpha value is -2.89. The molecule has 23 heavy (non-hydrogen) atoms. The molecule has 0 saturated carbocycles. The Kier molecular flexibility index (Phi) is 3.22. The molecule has 0 atom stereocenters. The second kappa shape index (κ2) is 5.39. The van der Waals surface area contributed by atoms with E-state index >= 15 is 0 Å². The Balaban J connectivity index is 1.71. The van der Waals surface area contributed by atoms with Crippen LogP contribution in [0.5, 0.6) is 0 Å². The lowest BCUT2D eigenvalue weighted by molar-refractivity contribution is 0.102. The first-order valence-electron chi connectivity index (χ1n) is 7.69. The summed E-state index contributed by atoms with van der Waals surface area (Å²) in [6, 6.07) is 11.7. The van der Waals surface area contributed by atoms with Crippen LogP contribution in [0.15, 0.2) is 42.6 Å². The summed E-state index contributed by atoms with van der Waals surface area (Å²) in [5, 5.41) is 11.6. The Labute approximate surface area is 133 Å². The molecule has 2 aromatic heterocycles. The number of carbonyl (C=O) groups excluding carboxylic acids is 1. The summed E-state index contributed by atoms with van der Waals surface area (Å²) >= 11 is 0. The maximum Gasteiger partial charge on any atom is 0.277 e. The van der Waals surface area contributed by atoms with Gasteiger partial charge in [-0.15, -0.1) is 0 Å². The highest BCUT2D eigenvalue weighted by atomic mass is 16.2. The van der Waals surface area contributed by atoms with Crippen molar-refractivity contribution in [2.45, 2.75) is 19.3 Å². The van der Waals surface area contributed by atoms with Gasteiger partial charge in [-0.05, 0) is 31.4 Å². The molecule has 1 aliphatic carbocycles. The Morgan fingerprint density at radius 3 is 2.70 bits per heavy atom. The number of rotatable bonds is 3. The molecule has 0 unspecified atom stereocenters. The van der Waals surface area contributed by atoms with Crippen molar-refractivity contribution in [3.05, 3.63) is 59.5 Å². The molecule has 1 N–H and O–H groups in total. The van der Waals surface area contributed by atoms with E-state index in [1.165, 1.54) is 0 Å². The van der Waals surface area contributed by atoms with Crippen LogP contribution in [-0.4, -0.2) is 25.5 Å². The van der Waals surface area contributed by atoms with E-state index in [4.69, 9.17) is 0 Å². The van der Waals surface area contributed by atoms with Gasteiger partial charge in [0.05, 0.1) is 5.69 Å². The van der Waals surface area contributed by atoms with Gasteiger partial charge >= 0.3 is 0 Å². The molecule has 6 nitrogen and oxygen atoms in total. The molecule has 0 spiro atoms. The van der Waals surface area contributed by atoms with Crippen molar-refractivity contribution in [3.63, 3.8) is 0 Å². The fourth-order valence-electron chi connectivity index (χ4n) is 3.06. The zero-order valence-electron chi connectivity index (χ0n) is 12.9. The standard InChI is InChI=1S/C17H17N5O/c1-21-11-10-15(19-21)18-17(23)16-13-8-5-9-14(13)22(20-16)12-6-3-2-4-7-12/h2-4,6-7,10-11H,5,8-9H2,1H3,(H,18,19,23). The van der Waals surface area contributed by atoms with Gasteiger partial charge in [0.2, 0.25) is 0 Å². The topological polar surface area (TPSA) is 64.7 Å². The van der Waals surface area contributed by atoms with Gasteiger partial charge in [-0.25, -0.2) is 4.68 Å². The monoisotopic (exact) mass is 307 g/mol. The number of hydrogen-bond donors (Lipinski definition) is 1. The van der Waals surface area contributed by atoms with Gasteiger partial charge in [-0.1, -0.05) is 18.2 Å². The molecule has 116 valence electrons. The first kappa shape index (κ1) is 13.8. The van der Waals surface area contributed by atoms with Crippen molar-refractivity contribution in [1.82, 2.24) is 19.6 Å². The molecule has 4 rings (SSSR count). The van der Waals surface area contributed by atoms with Crippen LogP contribution in [0.1, 0.15) is 28.2 Å². The fourth-order valence-corrected chi connectivity index (χ4v) is 3.06. The van der Waals surface area contributed by atoms with Gasteiger partial charge in [0.1, 0.15) is 0 Å². The zero-order chi connectivity index (χ0) is 15.8. The number of amides is 1. The third kappa shape index (κ3) is 2.42. The van der Waals surface area contributed by atoms with Crippen LogP contribution in [0, 0.1) is 0 Å². The average molecular weight is 307 g/mol. The molecule has 1 aromatic carbocycles. The number of anilines is 1. The minimum atomic E-state index is -0.198. The van der Waals surface area contributed by atoms with Crippen molar-refractivity contribution >= 4 is 11.7 Å². The fraction of sp³-hybridized carbons (Fsp3) is 0.235. The average Bonchev–Trinajstić information content (AvgIpc) is 3.24. The summed E-state index contributed by atoms with van der Waals surface area (Å²) in [4.78, 5) is 12.6. The van der Waals surface area contributed by atoms with Crippen molar-refractivity contribution in [1.29, 1.82) is 0 Å². The third-order valence-electron chi connectivity index (χ3n) is 4.10. The zero-order valence-corrected chi connectivity index (χ0v) is 12.9. The second-order valence-corrected chi connectivity index (χ2v) is 5.70. The number of para-hydroxylation sites is 1. The van der Waals surface area contributed by atoms with Crippen LogP contribution >= 0.6 is 0 Å². The molecule has 0 aliphatic heterocycles. The number of carbonyl (C=O) groups is 1. The van der Waals surface area contributed by atoms with Crippen molar-refractivity contribution in [2.75, 3.05) is 5.32 Å². The predicted molar refractivity (Wildman–Crippen MR) is 86.8 cm³/mol. The van der Waals surface area contributed by atoms with Gasteiger partial charge in [0.15, 0.2) is 11.5 Å². The molecular formula is C17H17N5O. The molecule has 1 aliphatic rings. The number of nitrogens with one attached hydrogen (secondary N) is 1. The normalized spacial score (nSPS) is 13.1. The predicted octanol–water partition coefficient (Wildman–Crippen LogP) is 2.35. The summed E-state index contributed by atoms with van der Waals surface area (Å²) in [6.07, 6.45) is 4.70. The summed E-state index contributed by atoms with van der Waals surface area (Å²) in [6.45, 7) is 0. The second-order valence-electron chi connectivity index (χ2n) is 5.70. The van der Waals surface area contributed by atoms with E-state index < -0.39 is 0 Å². The van der Waals surface area contributed by atoms with Crippen molar-refractivity contribution in [2.24, 2.45) is 7.05 Å². The van der Waals surface area contributed by atoms with Gasteiger partial charge in [0, 0.05) is 30.6 Å². The first-order valence-corrected chi connectivity index (χ1v) is 7.69. The molecule has 0 saturated heterocycles. The first-order chi connectivity index (χ1) is 11.2. The quantitative estimate of drug-likeness (QED) is 0.808. The lowest BCUT2D eigenvalue weighted by Gasteiger charge is -2.04. The van der Waals surface area contributed by atoms with E-state index in [-0.39, 0.29) is 5.91 Å². The summed E-state index contributed by atoms with van der Waals surface area (Å²) in [7, 11) is 1.82. The van der Waals surface area contributed by atoms with E-state index in [9.17, 15) is 4.79 Å². The molecular weight excluding hydrogens is 290 g/mol. The van der Waals surface area contributed by atoms with Gasteiger partial charge in [-0.3, -0.25) is 9.48 Å². The molecule has 3 aromatic rings. The van der Waals surface area contributed by atoms with Crippen LogP contribution in [0.3, 0.4) is 0 Å². The highest BCUT2D eigenvalue weighted by Crippen LogP contribution is 2.28. The highest BCUT2D eigenvalue weighted by molar-refractivity contribution is 6.03. The minimum absolute atomic E-state index is 0.198. The number of nitrogens with zero attached hydrogens (tertiary/aromatic N) is 4. The molecule has 6 heteroatoms. The van der Waals surface area contributed by atoms with Crippen LogP contribution < -0.4 is 5.32 Å². The number of aromatic nitrogens is 4. The molecule has 0 fully saturated rings. The Bertz CT molecular complexity index is 862. The highest BCUT2D eigenvalue weighted by Gasteiger charge is 2.27. The minimum Gasteiger partial charge on any atom is -0.304 e. The number of benzene rings is 1. The lowest BCUT2D eigenvalue weighted by atomic mass is 10.2. The number of hydrogen-bond acceptors (Lipinski definition) is 3. The molecule has 2 heterocycles. The number of aryl methyl sites for hydroxylation is 1. The van der Waals surface area contributed by atoms with E-state index in [0.717, 1.165) is 36.2 Å². The largest absolute Gasteiger partial charge is 0.304 e.